The molecule has 1 amide bonds. The average Bonchev–Trinajstić information content (AvgIpc) is 3.11. The van der Waals surface area contributed by atoms with Crippen molar-refractivity contribution in [3.05, 3.63) is 54.2 Å². The molecule has 0 radical (unpaired) electrons. The first-order valence-corrected chi connectivity index (χ1v) is 8.40. The lowest BCUT2D eigenvalue weighted by atomic mass is 10.1. The van der Waals surface area contributed by atoms with Crippen LogP contribution >= 0.6 is 0 Å². The highest BCUT2D eigenvalue weighted by molar-refractivity contribution is 5.93. The third kappa shape index (κ3) is 3.48. The van der Waals surface area contributed by atoms with E-state index >= 15 is 0 Å². The number of nitrogens with zero attached hydrogens (tertiary/aromatic N) is 2. The Labute approximate surface area is 142 Å². The Balaban J connectivity index is 1.77. The fraction of sp³-hybridized carbons (Fsp3) is 0.300. The van der Waals surface area contributed by atoms with Gasteiger partial charge in [0.2, 0.25) is 0 Å². The van der Waals surface area contributed by atoms with Crippen molar-refractivity contribution in [3.8, 4) is 11.3 Å². The van der Waals surface area contributed by atoms with Crippen molar-refractivity contribution in [3.63, 3.8) is 0 Å². The number of hydrogen-bond donors (Lipinski definition) is 0. The number of carbonyl (C=O) groups is 1. The van der Waals surface area contributed by atoms with E-state index in [1.165, 1.54) is 5.39 Å². The zero-order chi connectivity index (χ0) is 16.9. The van der Waals surface area contributed by atoms with Crippen LogP contribution in [0.2, 0.25) is 0 Å². The molecule has 0 aliphatic carbocycles. The highest BCUT2D eigenvalue weighted by Crippen LogP contribution is 2.25. The maximum absolute atomic E-state index is 12.4. The van der Waals surface area contributed by atoms with Gasteiger partial charge in [-0.2, -0.15) is 0 Å². The molecule has 0 bridgehead atoms. The normalized spacial score (nSPS) is 10.9. The van der Waals surface area contributed by atoms with E-state index in [1.807, 2.05) is 31.3 Å². The summed E-state index contributed by atoms with van der Waals surface area (Å²) in [6.07, 6.45) is 3.27. The summed E-state index contributed by atoms with van der Waals surface area (Å²) < 4.78 is 5.40. The summed E-state index contributed by atoms with van der Waals surface area (Å²) in [5.41, 5.74) is 1.28. The number of carbonyl (C=O) groups excluding carboxylic acids is 1. The van der Waals surface area contributed by atoms with Crippen LogP contribution in [0.1, 0.15) is 36.7 Å². The molecule has 0 spiro atoms. The van der Waals surface area contributed by atoms with Gasteiger partial charge in [-0.25, -0.2) is 0 Å². The molecule has 1 aromatic heterocycles. The van der Waals surface area contributed by atoms with Gasteiger partial charge < -0.3 is 9.42 Å². The second-order valence-electron chi connectivity index (χ2n) is 6.07. The smallest absolute Gasteiger partial charge is 0.275 e. The van der Waals surface area contributed by atoms with Gasteiger partial charge in [-0.1, -0.05) is 61.3 Å². The van der Waals surface area contributed by atoms with Gasteiger partial charge in [0, 0.05) is 25.2 Å². The van der Waals surface area contributed by atoms with Crippen molar-refractivity contribution >= 4 is 16.7 Å². The first kappa shape index (κ1) is 16.2. The Bertz CT molecular complexity index is 838. The van der Waals surface area contributed by atoms with Crippen molar-refractivity contribution in [2.75, 3.05) is 13.6 Å². The molecule has 0 atom stereocenters. The summed E-state index contributed by atoms with van der Waals surface area (Å²) in [6.45, 7) is 2.89. The van der Waals surface area contributed by atoms with Crippen molar-refractivity contribution in [1.29, 1.82) is 0 Å². The highest BCUT2D eigenvalue weighted by Gasteiger charge is 2.17. The molecule has 1 heterocycles. The van der Waals surface area contributed by atoms with Gasteiger partial charge in [-0.05, 0) is 23.3 Å². The Morgan fingerprint density at radius 3 is 2.67 bits per heavy atom. The van der Waals surface area contributed by atoms with Crippen LogP contribution in [0, 0.1) is 0 Å². The summed E-state index contributed by atoms with van der Waals surface area (Å²) in [7, 11) is 1.81. The Hall–Kier alpha value is -2.62. The quantitative estimate of drug-likeness (QED) is 0.615. The zero-order valence-electron chi connectivity index (χ0n) is 14.2. The van der Waals surface area contributed by atoms with Gasteiger partial charge in [0.25, 0.3) is 5.91 Å². The van der Waals surface area contributed by atoms with Crippen LogP contribution in [0.5, 0.6) is 0 Å². The van der Waals surface area contributed by atoms with E-state index in [1.54, 1.807) is 11.0 Å². The van der Waals surface area contributed by atoms with Gasteiger partial charge >= 0.3 is 0 Å². The Morgan fingerprint density at radius 1 is 1.08 bits per heavy atom. The molecule has 4 nitrogen and oxygen atoms in total. The van der Waals surface area contributed by atoms with Crippen molar-refractivity contribution < 1.29 is 9.32 Å². The highest BCUT2D eigenvalue weighted by atomic mass is 16.5. The van der Waals surface area contributed by atoms with Gasteiger partial charge in [-0.3, -0.25) is 4.79 Å². The van der Waals surface area contributed by atoms with Gasteiger partial charge in [0.05, 0.1) is 0 Å². The van der Waals surface area contributed by atoms with Gasteiger partial charge in [0.15, 0.2) is 11.5 Å². The summed E-state index contributed by atoms with van der Waals surface area (Å²) in [6, 6.07) is 16.0. The fourth-order valence-electron chi connectivity index (χ4n) is 2.75. The van der Waals surface area contributed by atoms with E-state index in [4.69, 9.17) is 4.52 Å². The summed E-state index contributed by atoms with van der Waals surface area (Å²) >= 11 is 0. The number of benzene rings is 2. The Morgan fingerprint density at radius 2 is 1.88 bits per heavy atom. The number of unbranched alkanes of at least 4 members (excludes halogenated alkanes) is 2. The number of fused-ring (bicyclic) bond motifs is 1. The van der Waals surface area contributed by atoms with E-state index in [9.17, 15) is 4.79 Å². The molecule has 124 valence electrons. The van der Waals surface area contributed by atoms with Crippen molar-refractivity contribution in [1.82, 2.24) is 10.1 Å². The number of amides is 1. The average molecular weight is 322 g/mol. The zero-order valence-corrected chi connectivity index (χ0v) is 14.2. The van der Waals surface area contributed by atoms with Gasteiger partial charge in [-0.15, -0.1) is 0 Å². The van der Waals surface area contributed by atoms with Crippen LogP contribution in [-0.4, -0.2) is 29.6 Å². The van der Waals surface area contributed by atoms with Crippen molar-refractivity contribution in [2.45, 2.75) is 26.2 Å². The molecule has 0 N–H and O–H groups in total. The maximum Gasteiger partial charge on any atom is 0.275 e. The SMILES string of the molecule is CCCCCN(C)C(=O)c1cc(-c2ccc3ccccc3c2)on1. The molecule has 0 fully saturated rings. The molecule has 2 aromatic carbocycles. The molecule has 4 heteroatoms. The topological polar surface area (TPSA) is 46.3 Å². The lowest BCUT2D eigenvalue weighted by Crippen LogP contribution is -2.27. The molecule has 0 saturated heterocycles. The fourth-order valence-corrected chi connectivity index (χ4v) is 2.75. The van der Waals surface area contributed by atoms with Crippen molar-refractivity contribution in [2.24, 2.45) is 0 Å². The molecular weight excluding hydrogens is 300 g/mol. The van der Waals surface area contributed by atoms with E-state index in [2.05, 4.69) is 30.3 Å². The largest absolute Gasteiger partial charge is 0.355 e. The predicted molar refractivity (Wildman–Crippen MR) is 95.9 cm³/mol. The summed E-state index contributed by atoms with van der Waals surface area (Å²) in [4.78, 5) is 14.1. The minimum atomic E-state index is -0.0955. The van der Waals surface area contributed by atoms with Crippen LogP contribution in [0.3, 0.4) is 0 Å². The molecule has 0 unspecified atom stereocenters. The van der Waals surface area contributed by atoms with Gasteiger partial charge in [0.1, 0.15) is 0 Å². The molecule has 0 saturated carbocycles. The molecule has 3 aromatic rings. The first-order valence-electron chi connectivity index (χ1n) is 8.40. The maximum atomic E-state index is 12.4. The van der Waals surface area contributed by atoms with E-state index in [-0.39, 0.29) is 5.91 Å². The predicted octanol–water partition coefficient (Wildman–Crippen LogP) is 4.76. The van der Waals surface area contributed by atoms with Crippen LogP contribution in [0.15, 0.2) is 53.1 Å². The third-order valence-corrected chi connectivity index (χ3v) is 4.21. The number of hydrogen-bond acceptors (Lipinski definition) is 3. The molecular formula is C20H22N2O2. The second-order valence-corrected chi connectivity index (χ2v) is 6.07. The van der Waals surface area contributed by atoms with Crippen LogP contribution in [0.4, 0.5) is 0 Å². The lowest BCUT2D eigenvalue weighted by Gasteiger charge is -2.14. The van der Waals surface area contributed by atoms with E-state index in [0.29, 0.717) is 11.5 Å². The lowest BCUT2D eigenvalue weighted by molar-refractivity contribution is 0.0782. The third-order valence-electron chi connectivity index (χ3n) is 4.21. The monoisotopic (exact) mass is 322 g/mol. The number of aromatic nitrogens is 1. The van der Waals surface area contributed by atoms with Crippen LogP contribution in [0.25, 0.3) is 22.1 Å². The number of rotatable bonds is 6. The first-order chi connectivity index (χ1) is 11.7. The standard InChI is InChI=1S/C20H22N2O2/c1-3-4-7-12-22(2)20(23)18-14-19(24-21-18)17-11-10-15-8-5-6-9-16(15)13-17/h5-6,8-11,13-14H,3-4,7,12H2,1-2H3. The Kier molecular flexibility index (Phi) is 4.94. The minimum Gasteiger partial charge on any atom is -0.355 e. The summed E-state index contributed by atoms with van der Waals surface area (Å²) in [5, 5.41) is 6.26. The second kappa shape index (κ2) is 7.30. The van der Waals surface area contributed by atoms with E-state index < -0.39 is 0 Å². The molecule has 3 rings (SSSR count). The van der Waals surface area contributed by atoms with Crippen LogP contribution in [-0.2, 0) is 0 Å². The molecule has 0 aliphatic heterocycles. The minimum absolute atomic E-state index is 0.0955. The van der Waals surface area contributed by atoms with Crippen LogP contribution < -0.4 is 0 Å². The summed E-state index contributed by atoms with van der Waals surface area (Å²) in [5.74, 6) is 0.521. The molecule has 24 heavy (non-hydrogen) atoms. The molecule has 0 aliphatic rings. The van der Waals surface area contributed by atoms with E-state index in [0.717, 1.165) is 36.8 Å².